The number of nitrogens with zero attached hydrogens (tertiary/aromatic N) is 3. The quantitative estimate of drug-likeness (QED) is 0.831. The normalized spacial score (nSPS) is 29.3. The third kappa shape index (κ3) is 3.53. The van der Waals surface area contributed by atoms with Crippen LogP contribution >= 0.6 is 0 Å². The number of aromatic nitrogens is 2. The van der Waals surface area contributed by atoms with E-state index >= 15 is 0 Å². The highest BCUT2D eigenvalue weighted by Crippen LogP contribution is 2.41. The predicted molar refractivity (Wildman–Crippen MR) is 113 cm³/mol. The van der Waals surface area contributed by atoms with Crippen LogP contribution in [0, 0.1) is 5.92 Å². The number of likely N-dealkylation sites (tertiary alicyclic amines) is 1. The van der Waals surface area contributed by atoms with Gasteiger partial charge in [0, 0.05) is 29.8 Å². The van der Waals surface area contributed by atoms with Crippen LogP contribution in [0.3, 0.4) is 0 Å². The van der Waals surface area contributed by atoms with E-state index in [4.69, 9.17) is 0 Å². The standard InChI is InChI=1S/C22H30N4O2S/c1-16-9-11-25(12-10-16)20-13-18-7-8-19(14-20)26(18)29(27,28)22-15-21(23-24-22)17-5-3-2-4-6-17/h2-6,15-16,18-20H,7-14H2,1H3,(H,23,24)/t18-,19+,20?. The van der Waals surface area contributed by atoms with E-state index in [-0.39, 0.29) is 17.1 Å². The first-order valence-corrected chi connectivity index (χ1v) is 12.3. The summed E-state index contributed by atoms with van der Waals surface area (Å²) in [6, 6.07) is 12.2. The Morgan fingerprint density at radius 3 is 2.28 bits per heavy atom. The number of rotatable bonds is 4. The number of piperidine rings is 2. The van der Waals surface area contributed by atoms with Gasteiger partial charge < -0.3 is 4.90 Å². The maximum absolute atomic E-state index is 13.5. The van der Waals surface area contributed by atoms with Crippen LogP contribution in [0.4, 0.5) is 0 Å². The summed E-state index contributed by atoms with van der Waals surface area (Å²) in [4.78, 5) is 2.62. The monoisotopic (exact) mass is 414 g/mol. The highest BCUT2D eigenvalue weighted by Gasteiger charge is 2.48. The zero-order valence-corrected chi connectivity index (χ0v) is 17.8. The zero-order chi connectivity index (χ0) is 20.0. The molecule has 0 radical (unpaired) electrons. The Labute approximate surface area is 173 Å². The average molecular weight is 415 g/mol. The zero-order valence-electron chi connectivity index (χ0n) is 17.0. The van der Waals surface area contributed by atoms with Gasteiger partial charge in [-0.05, 0) is 57.5 Å². The first-order valence-electron chi connectivity index (χ1n) is 10.9. The number of nitrogens with one attached hydrogen (secondary N) is 1. The highest BCUT2D eigenvalue weighted by molar-refractivity contribution is 7.89. The molecule has 1 aromatic heterocycles. The van der Waals surface area contributed by atoms with Gasteiger partial charge in [-0.1, -0.05) is 37.3 Å². The molecule has 29 heavy (non-hydrogen) atoms. The molecule has 3 fully saturated rings. The summed E-state index contributed by atoms with van der Waals surface area (Å²) < 4.78 is 28.7. The van der Waals surface area contributed by atoms with E-state index in [1.54, 1.807) is 10.4 Å². The van der Waals surface area contributed by atoms with Gasteiger partial charge in [0.1, 0.15) is 0 Å². The fourth-order valence-corrected chi connectivity index (χ4v) is 7.31. The summed E-state index contributed by atoms with van der Waals surface area (Å²) in [7, 11) is -3.55. The van der Waals surface area contributed by atoms with Gasteiger partial charge in [-0.15, -0.1) is 0 Å². The molecule has 0 saturated carbocycles. The van der Waals surface area contributed by atoms with E-state index in [2.05, 4.69) is 22.0 Å². The molecule has 2 aromatic rings. The van der Waals surface area contributed by atoms with Gasteiger partial charge in [-0.25, -0.2) is 8.42 Å². The lowest BCUT2D eigenvalue weighted by Crippen LogP contribution is -2.53. The first kappa shape index (κ1) is 19.3. The van der Waals surface area contributed by atoms with Crippen molar-refractivity contribution in [2.75, 3.05) is 13.1 Å². The summed E-state index contributed by atoms with van der Waals surface area (Å²) in [6.07, 6.45) is 6.41. The smallest absolute Gasteiger partial charge is 0.260 e. The summed E-state index contributed by atoms with van der Waals surface area (Å²) >= 11 is 0. The fourth-order valence-electron chi connectivity index (χ4n) is 5.50. The maximum Gasteiger partial charge on any atom is 0.260 e. The van der Waals surface area contributed by atoms with E-state index in [0.29, 0.717) is 11.7 Å². The van der Waals surface area contributed by atoms with Crippen molar-refractivity contribution in [2.45, 2.75) is 68.6 Å². The number of H-pyrrole nitrogens is 1. The van der Waals surface area contributed by atoms with Crippen molar-refractivity contribution in [1.29, 1.82) is 0 Å². The van der Waals surface area contributed by atoms with Crippen LogP contribution < -0.4 is 0 Å². The predicted octanol–water partition coefficient (Wildman–Crippen LogP) is 3.49. The summed E-state index contributed by atoms with van der Waals surface area (Å²) in [5, 5.41) is 7.30. The van der Waals surface area contributed by atoms with Gasteiger partial charge in [0.05, 0.1) is 5.69 Å². The van der Waals surface area contributed by atoms with Gasteiger partial charge in [-0.2, -0.15) is 9.40 Å². The number of fused-ring (bicyclic) bond motifs is 2. The molecule has 1 unspecified atom stereocenters. The molecule has 2 bridgehead atoms. The molecular formula is C22H30N4O2S. The Morgan fingerprint density at radius 1 is 0.966 bits per heavy atom. The van der Waals surface area contributed by atoms with Crippen LogP contribution in [0.2, 0.25) is 0 Å². The van der Waals surface area contributed by atoms with E-state index in [1.165, 1.54) is 25.9 Å². The number of sulfonamides is 1. The van der Waals surface area contributed by atoms with Crippen LogP contribution in [-0.2, 0) is 10.0 Å². The minimum Gasteiger partial charge on any atom is -0.300 e. The van der Waals surface area contributed by atoms with Crippen molar-refractivity contribution in [2.24, 2.45) is 5.92 Å². The molecule has 3 aliphatic heterocycles. The van der Waals surface area contributed by atoms with Crippen molar-refractivity contribution in [3.05, 3.63) is 36.4 Å². The van der Waals surface area contributed by atoms with Crippen molar-refractivity contribution in [1.82, 2.24) is 19.4 Å². The van der Waals surface area contributed by atoms with Crippen LogP contribution in [-0.4, -0.2) is 59.0 Å². The molecule has 0 aliphatic carbocycles. The topological polar surface area (TPSA) is 69.3 Å². The van der Waals surface area contributed by atoms with Crippen LogP contribution in [0.1, 0.15) is 45.4 Å². The molecular weight excluding hydrogens is 384 g/mol. The molecule has 7 heteroatoms. The van der Waals surface area contributed by atoms with Crippen LogP contribution in [0.15, 0.2) is 41.4 Å². The fraction of sp³-hybridized carbons (Fsp3) is 0.591. The van der Waals surface area contributed by atoms with Gasteiger partial charge >= 0.3 is 0 Å². The second-order valence-electron chi connectivity index (χ2n) is 9.05. The Kier molecular flexibility index (Phi) is 5.00. The lowest BCUT2D eigenvalue weighted by molar-refractivity contribution is 0.0758. The minimum atomic E-state index is -3.55. The number of hydrogen-bond donors (Lipinski definition) is 1. The molecule has 156 valence electrons. The summed E-state index contributed by atoms with van der Waals surface area (Å²) in [5.41, 5.74) is 1.60. The molecule has 3 aliphatic rings. The van der Waals surface area contributed by atoms with E-state index in [1.807, 2.05) is 30.3 Å². The van der Waals surface area contributed by atoms with Crippen molar-refractivity contribution in [3.8, 4) is 11.3 Å². The van der Waals surface area contributed by atoms with Crippen LogP contribution in [0.25, 0.3) is 11.3 Å². The second kappa shape index (κ2) is 7.52. The first-order chi connectivity index (χ1) is 14.0. The number of hydrogen-bond acceptors (Lipinski definition) is 4. The molecule has 0 amide bonds. The van der Waals surface area contributed by atoms with Crippen molar-refractivity contribution >= 4 is 10.0 Å². The minimum absolute atomic E-state index is 0.117. The third-order valence-electron chi connectivity index (χ3n) is 7.16. The van der Waals surface area contributed by atoms with Crippen molar-refractivity contribution in [3.63, 3.8) is 0 Å². The molecule has 4 heterocycles. The molecule has 1 N–H and O–H groups in total. The molecule has 3 atom stereocenters. The van der Waals surface area contributed by atoms with E-state index in [9.17, 15) is 8.42 Å². The maximum atomic E-state index is 13.5. The largest absolute Gasteiger partial charge is 0.300 e. The molecule has 1 aromatic carbocycles. The Hall–Kier alpha value is -1.70. The van der Waals surface area contributed by atoms with Crippen molar-refractivity contribution < 1.29 is 8.42 Å². The lowest BCUT2D eigenvalue weighted by atomic mass is 9.93. The molecule has 5 rings (SSSR count). The SMILES string of the molecule is CC1CCN(C2C[C@H]3CC[C@@H](C2)N3S(=O)(=O)c2cc(-c3ccccc3)n[nH]2)CC1. The number of benzene rings is 1. The third-order valence-corrected chi connectivity index (χ3v) is 9.07. The van der Waals surface area contributed by atoms with Gasteiger partial charge in [0.25, 0.3) is 10.0 Å². The van der Waals surface area contributed by atoms with E-state index in [0.717, 1.165) is 37.2 Å². The summed E-state index contributed by atoms with van der Waals surface area (Å²) in [5.74, 6) is 0.822. The van der Waals surface area contributed by atoms with Crippen LogP contribution in [0.5, 0.6) is 0 Å². The molecule has 3 saturated heterocycles. The van der Waals surface area contributed by atoms with Gasteiger partial charge in [0.15, 0.2) is 5.03 Å². The Bertz CT molecular complexity index is 936. The van der Waals surface area contributed by atoms with Gasteiger partial charge in [0.2, 0.25) is 0 Å². The molecule has 6 nitrogen and oxygen atoms in total. The average Bonchev–Trinajstić information content (AvgIpc) is 3.33. The van der Waals surface area contributed by atoms with Gasteiger partial charge in [-0.3, -0.25) is 5.10 Å². The summed E-state index contributed by atoms with van der Waals surface area (Å²) in [6.45, 7) is 4.67. The molecule has 0 spiro atoms. The second-order valence-corrected chi connectivity index (χ2v) is 10.9. The Balaban J connectivity index is 1.34. The Morgan fingerprint density at radius 2 is 1.62 bits per heavy atom. The van der Waals surface area contributed by atoms with E-state index < -0.39 is 10.0 Å². The lowest BCUT2D eigenvalue weighted by Gasteiger charge is -2.44. The highest BCUT2D eigenvalue weighted by atomic mass is 32.2. The number of aromatic amines is 1.